The van der Waals surface area contributed by atoms with Crippen LogP contribution in [0.4, 0.5) is 5.95 Å². The fourth-order valence-electron chi connectivity index (χ4n) is 3.42. The molecule has 1 N–H and O–H groups in total. The summed E-state index contributed by atoms with van der Waals surface area (Å²) in [6.07, 6.45) is 3.47. The lowest BCUT2D eigenvalue weighted by Gasteiger charge is -2.34. The highest BCUT2D eigenvalue weighted by Gasteiger charge is 2.26. The standard InChI is InChI=1S/C19H25N5O3/c1-4-27-18(26)17-13(2)16(14(3)22-17)15(25)12-23-8-10-24(11-9-23)19-20-6-5-7-21-19/h5-7,22H,4,8-12H2,1-3H3. The molecule has 0 unspecified atom stereocenters. The summed E-state index contributed by atoms with van der Waals surface area (Å²) >= 11 is 0. The van der Waals surface area contributed by atoms with Crippen LogP contribution < -0.4 is 4.90 Å². The summed E-state index contributed by atoms with van der Waals surface area (Å²) in [6.45, 7) is 9.05. The molecular weight excluding hydrogens is 346 g/mol. The second-order valence-electron chi connectivity index (χ2n) is 6.58. The first-order valence-corrected chi connectivity index (χ1v) is 9.15. The zero-order valence-electron chi connectivity index (χ0n) is 16.0. The highest BCUT2D eigenvalue weighted by molar-refractivity contribution is 6.03. The van der Waals surface area contributed by atoms with Gasteiger partial charge in [-0.15, -0.1) is 0 Å². The van der Waals surface area contributed by atoms with Gasteiger partial charge in [-0.25, -0.2) is 14.8 Å². The van der Waals surface area contributed by atoms with Crippen LogP contribution in [0.1, 0.15) is 39.0 Å². The second-order valence-corrected chi connectivity index (χ2v) is 6.58. The van der Waals surface area contributed by atoms with E-state index in [1.54, 1.807) is 32.3 Å². The minimum Gasteiger partial charge on any atom is -0.461 e. The van der Waals surface area contributed by atoms with Crippen LogP contribution in [0.3, 0.4) is 0 Å². The maximum atomic E-state index is 12.8. The number of hydrogen-bond acceptors (Lipinski definition) is 7. The van der Waals surface area contributed by atoms with Gasteiger partial charge in [0.1, 0.15) is 5.69 Å². The zero-order chi connectivity index (χ0) is 19.4. The summed E-state index contributed by atoms with van der Waals surface area (Å²) in [5.74, 6) is 0.315. The van der Waals surface area contributed by atoms with Crippen molar-refractivity contribution in [2.24, 2.45) is 0 Å². The van der Waals surface area contributed by atoms with E-state index in [2.05, 4.69) is 24.8 Å². The maximum Gasteiger partial charge on any atom is 0.355 e. The topological polar surface area (TPSA) is 91.4 Å². The van der Waals surface area contributed by atoms with Crippen molar-refractivity contribution >= 4 is 17.7 Å². The number of Topliss-reactive ketones (excluding diaryl/α,β-unsaturated/α-hetero) is 1. The number of ketones is 1. The molecule has 144 valence electrons. The average molecular weight is 371 g/mol. The summed E-state index contributed by atoms with van der Waals surface area (Å²) in [4.78, 5) is 40.7. The van der Waals surface area contributed by atoms with Crippen molar-refractivity contribution in [3.63, 3.8) is 0 Å². The van der Waals surface area contributed by atoms with Crippen molar-refractivity contribution in [2.75, 3.05) is 44.2 Å². The molecule has 27 heavy (non-hydrogen) atoms. The summed E-state index contributed by atoms with van der Waals surface area (Å²) in [6, 6.07) is 1.80. The third-order valence-corrected chi connectivity index (χ3v) is 4.77. The molecule has 8 heteroatoms. The molecule has 1 aliphatic rings. The first-order valence-electron chi connectivity index (χ1n) is 9.15. The van der Waals surface area contributed by atoms with Crippen LogP contribution >= 0.6 is 0 Å². The predicted octanol–water partition coefficient (Wildman–Crippen LogP) is 1.60. The first kappa shape index (κ1) is 19.0. The van der Waals surface area contributed by atoms with Gasteiger partial charge in [0.15, 0.2) is 5.78 Å². The van der Waals surface area contributed by atoms with Crippen LogP contribution in [0.25, 0.3) is 0 Å². The number of aromatic amines is 1. The number of carbonyl (C=O) groups excluding carboxylic acids is 2. The highest BCUT2D eigenvalue weighted by Crippen LogP contribution is 2.20. The van der Waals surface area contributed by atoms with Gasteiger partial charge in [-0.05, 0) is 32.4 Å². The van der Waals surface area contributed by atoms with Gasteiger partial charge in [0.25, 0.3) is 0 Å². The lowest BCUT2D eigenvalue weighted by Crippen LogP contribution is -2.48. The molecule has 1 aliphatic heterocycles. The minimum atomic E-state index is -0.423. The van der Waals surface area contributed by atoms with Gasteiger partial charge < -0.3 is 14.6 Å². The number of anilines is 1. The smallest absolute Gasteiger partial charge is 0.355 e. The van der Waals surface area contributed by atoms with Gasteiger partial charge in [-0.2, -0.15) is 0 Å². The molecule has 0 aromatic carbocycles. The van der Waals surface area contributed by atoms with Crippen molar-refractivity contribution in [3.05, 3.63) is 41.0 Å². The summed E-state index contributed by atoms with van der Waals surface area (Å²) in [7, 11) is 0. The van der Waals surface area contributed by atoms with Crippen LogP contribution in [0.15, 0.2) is 18.5 Å². The molecule has 0 bridgehead atoms. The third-order valence-electron chi connectivity index (χ3n) is 4.77. The highest BCUT2D eigenvalue weighted by atomic mass is 16.5. The van der Waals surface area contributed by atoms with Gasteiger partial charge in [-0.3, -0.25) is 9.69 Å². The Morgan fingerprint density at radius 3 is 2.44 bits per heavy atom. The monoisotopic (exact) mass is 371 g/mol. The Hall–Kier alpha value is -2.74. The van der Waals surface area contributed by atoms with Crippen molar-refractivity contribution in [1.29, 1.82) is 0 Å². The van der Waals surface area contributed by atoms with E-state index in [0.29, 0.717) is 35.7 Å². The first-order chi connectivity index (χ1) is 13.0. The number of ether oxygens (including phenoxy) is 1. The normalized spacial score (nSPS) is 15.0. The van der Waals surface area contributed by atoms with Crippen LogP contribution in [-0.2, 0) is 4.74 Å². The molecule has 2 aromatic rings. The molecule has 3 rings (SSSR count). The van der Waals surface area contributed by atoms with E-state index in [0.717, 1.165) is 32.1 Å². The van der Waals surface area contributed by atoms with E-state index in [1.165, 1.54) is 0 Å². The molecule has 0 saturated carbocycles. The largest absolute Gasteiger partial charge is 0.461 e. The molecule has 1 fully saturated rings. The molecule has 2 aromatic heterocycles. The summed E-state index contributed by atoms with van der Waals surface area (Å²) < 4.78 is 5.05. The zero-order valence-corrected chi connectivity index (χ0v) is 16.0. The lowest BCUT2D eigenvalue weighted by atomic mass is 10.0. The minimum absolute atomic E-state index is 0.0150. The number of nitrogens with one attached hydrogen (secondary N) is 1. The van der Waals surface area contributed by atoms with Crippen molar-refractivity contribution in [3.8, 4) is 0 Å². The Bertz CT molecular complexity index is 810. The van der Waals surface area contributed by atoms with Crippen molar-refractivity contribution in [2.45, 2.75) is 20.8 Å². The lowest BCUT2D eigenvalue weighted by molar-refractivity contribution is 0.0519. The molecule has 0 spiro atoms. The van der Waals surface area contributed by atoms with Crippen molar-refractivity contribution < 1.29 is 14.3 Å². The SMILES string of the molecule is CCOC(=O)c1[nH]c(C)c(C(=O)CN2CCN(c3ncccn3)CC2)c1C. The van der Waals surface area contributed by atoms with E-state index in [1.807, 2.05) is 6.92 Å². The number of carbonyl (C=O) groups is 2. The molecule has 0 aliphatic carbocycles. The number of H-pyrrole nitrogens is 1. The van der Waals surface area contributed by atoms with Crippen LogP contribution in [0, 0.1) is 13.8 Å². The fourth-order valence-corrected chi connectivity index (χ4v) is 3.42. The molecule has 0 amide bonds. The van der Waals surface area contributed by atoms with E-state index in [-0.39, 0.29) is 5.78 Å². The maximum absolute atomic E-state index is 12.8. The quantitative estimate of drug-likeness (QED) is 0.609. The van der Waals surface area contributed by atoms with Gasteiger partial charge in [0, 0.05) is 49.8 Å². The number of piperazine rings is 1. The number of rotatable bonds is 6. The number of esters is 1. The number of aryl methyl sites for hydroxylation is 1. The Morgan fingerprint density at radius 2 is 1.81 bits per heavy atom. The van der Waals surface area contributed by atoms with Gasteiger partial charge in [0.2, 0.25) is 5.95 Å². The van der Waals surface area contributed by atoms with E-state index in [9.17, 15) is 9.59 Å². The number of aromatic nitrogens is 3. The molecule has 0 atom stereocenters. The summed E-state index contributed by atoms with van der Waals surface area (Å²) in [5, 5.41) is 0. The molecule has 3 heterocycles. The summed E-state index contributed by atoms with van der Waals surface area (Å²) in [5.41, 5.74) is 2.32. The molecule has 0 radical (unpaired) electrons. The van der Waals surface area contributed by atoms with Gasteiger partial charge in [-0.1, -0.05) is 0 Å². The van der Waals surface area contributed by atoms with Gasteiger partial charge >= 0.3 is 5.97 Å². The van der Waals surface area contributed by atoms with E-state index in [4.69, 9.17) is 4.74 Å². The second kappa shape index (κ2) is 8.30. The Kier molecular flexibility index (Phi) is 5.85. The third kappa shape index (κ3) is 4.16. The number of nitrogens with zero attached hydrogens (tertiary/aromatic N) is 4. The Labute approximate surface area is 158 Å². The van der Waals surface area contributed by atoms with Crippen LogP contribution in [0.5, 0.6) is 0 Å². The van der Waals surface area contributed by atoms with Gasteiger partial charge in [0.05, 0.1) is 13.2 Å². The Balaban J connectivity index is 1.62. The Morgan fingerprint density at radius 1 is 1.15 bits per heavy atom. The number of hydrogen-bond donors (Lipinski definition) is 1. The molecule has 1 saturated heterocycles. The molecule has 8 nitrogen and oxygen atoms in total. The predicted molar refractivity (Wildman–Crippen MR) is 101 cm³/mol. The van der Waals surface area contributed by atoms with Crippen molar-refractivity contribution in [1.82, 2.24) is 19.9 Å². The van der Waals surface area contributed by atoms with E-state index >= 15 is 0 Å². The van der Waals surface area contributed by atoms with Crippen LogP contribution in [0.2, 0.25) is 0 Å². The van der Waals surface area contributed by atoms with Crippen LogP contribution in [-0.4, -0.2) is 70.9 Å². The average Bonchev–Trinajstić information content (AvgIpc) is 2.97. The fraction of sp³-hybridized carbons (Fsp3) is 0.474. The molecular formula is C19H25N5O3. The van der Waals surface area contributed by atoms with E-state index < -0.39 is 5.97 Å².